The van der Waals surface area contributed by atoms with Crippen molar-refractivity contribution in [1.82, 2.24) is 0 Å². The van der Waals surface area contributed by atoms with Gasteiger partial charge in [-0.2, -0.15) is 10.3 Å². The molecule has 1 fully saturated rings. The van der Waals surface area contributed by atoms with E-state index in [0.29, 0.717) is 12.1 Å². The fourth-order valence-electron chi connectivity index (χ4n) is 1.44. The van der Waals surface area contributed by atoms with Gasteiger partial charge in [0, 0.05) is 6.42 Å². The Kier molecular flexibility index (Phi) is 1.28. The number of rotatable bonds is 0. The molecule has 2 heteroatoms. The zero-order chi connectivity index (χ0) is 6.10. The summed E-state index contributed by atoms with van der Waals surface area (Å²) in [5.41, 5.74) is 1.98. The van der Waals surface area contributed by atoms with Gasteiger partial charge in [0.05, 0.1) is 0 Å². The van der Waals surface area contributed by atoms with Crippen LogP contribution in [0, 0.1) is 0 Å². The molecule has 0 aromatic heterocycles. The highest BCUT2D eigenvalue weighted by atomic mass is 16.7. The Balaban J connectivity index is 2.15. The minimum absolute atomic E-state index is 0.406. The van der Waals surface area contributed by atoms with E-state index >= 15 is 0 Å². The van der Waals surface area contributed by atoms with Crippen LogP contribution in [0.4, 0.5) is 0 Å². The van der Waals surface area contributed by atoms with Gasteiger partial charge in [-0.3, -0.25) is 0 Å². The lowest BCUT2D eigenvalue weighted by atomic mass is 10.2. The maximum absolute atomic E-state index is 5.39. The Morgan fingerprint density at radius 2 is 2.33 bits per heavy atom. The molecule has 1 saturated heterocycles. The zero-order valence-electron chi connectivity index (χ0n) is 5.42. The number of hydrogen-bond donors (Lipinski definition) is 1. The molecule has 9 heavy (non-hydrogen) atoms. The first-order valence-corrected chi connectivity index (χ1v) is 3.62. The molecule has 0 radical (unpaired) electrons. The van der Waals surface area contributed by atoms with Crippen LogP contribution >= 0.6 is 0 Å². The van der Waals surface area contributed by atoms with Gasteiger partial charge in [0.1, 0.15) is 12.1 Å². The number of hydroxylamine groups is 1. The second-order valence-electron chi connectivity index (χ2n) is 2.79. The predicted octanol–water partition coefficient (Wildman–Crippen LogP) is -0.0277. The molecule has 0 amide bonds. The van der Waals surface area contributed by atoms with Gasteiger partial charge in [-0.15, -0.1) is 0 Å². The molecular weight excluding hydrogens is 114 g/mol. The van der Waals surface area contributed by atoms with Gasteiger partial charge in [0.15, 0.2) is 0 Å². The van der Waals surface area contributed by atoms with Gasteiger partial charge in [-0.25, -0.2) is 0 Å². The maximum atomic E-state index is 5.39. The summed E-state index contributed by atoms with van der Waals surface area (Å²) in [6.07, 6.45) is 8.68. The maximum Gasteiger partial charge on any atom is 0.135 e. The molecule has 50 valence electrons. The van der Waals surface area contributed by atoms with Crippen molar-refractivity contribution in [3.63, 3.8) is 0 Å². The summed E-state index contributed by atoms with van der Waals surface area (Å²) < 4.78 is 0. The van der Waals surface area contributed by atoms with E-state index in [1.807, 2.05) is 5.48 Å². The van der Waals surface area contributed by atoms with Crippen LogP contribution in [0.25, 0.3) is 0 Å². The average Bonchev–Trinajstić information content (AvgIpc) is 2.21. The first-order chi connectivity index (χ1) is 4.45. The molecule has 2 nitrogen and oxygen atoms in total. The first-order valence-electron chi connectivity index (χ1n) is 3.62. The molecule has 2 unspecified atom stereocenters. The lowest BCUT2D eigenvalue weighted by Gasteiger charge is -2.13. The lowest BCUT2D eigenvalue weighted by Crippen LogP contribution is -2.90. The summed E-state index contributed by atoms with van der Waals surface area (Å²) >= 11 is 0. The topological polar surface area (TPSA) is 25.8 Å². The second kappa shape index (κ2) is 2.12. The Morgan fingerprint density at radius 3 is 3.11 bits per heavy atom. The third kappa shape index (κ3) is 1.00. The molecule has 0 spiro atoms. The molecule has 0 saturated carbocycles. The third-order valence-corrected chi connectivity index (χ3v) is 2.03. The number of nitrogens with two attached hydrogens (primary N) is 1. The van der Waals surface area contributed by atoms with E-state index in [4.69, 9.17) is 4.84 Å². The van der Waals surface area contributed by atoms with E-state index in [9.17, 15) is 0 Å². The molecule has 3 aliphatic rings. The van der Waals surface area contributed by atoms with Gasteiger partial charge in [0.2, 0.25) is 0 Å². The van der Waals surface area contributed by atoms with E-state index in [-0.39, 0.29) is 0 Å². The molecule has 2 N–H and O–H groups in total. The number of fused-ring (bicyclic) bond motifs is 3. The SMILES string of the molecule is C1=CC2CCCC1[NH2+]O2. The smallest absolute Gasteiger partial charge is 0.135 e. The minimum Gasteiger partial charge on any atom is -0.198 e. The van der Waals surface area contributed by atoms with Crippen molar-refractivity contribution in [2.45, 2.75) is 31.4 Å². The zero-order valence-corrected chi connectivity index (χ0v) is 5.42. The summed E-state index contributed by atoms with van der Waals surface area (Å²) in [5, 5.41) is 0. The van der Waals surface area contributed by atoms with Crippen LogP contribution in [0.5, 0.6) is 0 Å². The Labute approximate surface area is 54.8 Å². The van der Waals surface area contributed by atoms with Crippen molar-refractivity contribution in [1.29, 1.82) is 0 Å². The van der Waals surface area contributed by atoms with Crippen molar-refractivity contribution in [2.75, 3.05) is 0 Å². The highest BCUT2D eigenvalue weighted by Gasteiger charge is 2.23. The van der Waals surface area contributed by atoms with Crippen LogP contribution in [0.15, 0.2) is 12.2 Å². The van der Waals surface area contributed by atoms with Crippen molar-refractivity contribution < 1.29 is 10.3 Å². The Bertz CT molecular complexity index is 115. The molecule has 2 heterocycles. The summed E-state index contributed by atoms with van der Waals surface area (Å²) in [6.45, 7) is 0. The quantitative estimate of drug-likeness (QED) is 0.453. The molecule has 0 aromatic carbocycles. The van der Waals surface area contributed by atoms with Crippen molar-refractivity contribution in [2.24, 2.45) is 0 Å². The van der Waals surface area contributed by atoms with E-state index in [1.54, 1.807) is 0 Å². The van der Waals surface area contributed by atoms with Gasteiger partial charge in [-0.1, -0.05) is 0 Å². The Morgan fingerprint density at radius 1 is 1.33 bits per heavy atom. The van der Waals surface area contributed by atoms with Gasteiger partial charge >= 0.3 is 0 Å². The summed E-state index contributed by atoms with van der Waals surface area (Å²) in [4.78, 5) is 5.39. The van der Waals surface area contributed by atoms with Gasteiger partial charge in [-0.05, 0) is 25.0 Å². The normalized spacial score (nSPS) is 40.9. The molecule has 3 rings (SSSR count). The fraction of sp³-hybridized carbons (Fsp3) is 0.714. The van der Waals surface area contributed by atoms with Gasteiger partial charge in [0.25, 0.3) is 0 Å². The molecule has 2 aliphatic heterocycles. The van der Waals surface area contributed by atoms with E-state index in [2.05, 4.69) is 12.2 Å². The van der Waals surface area contributed by atoms with Crippen LogP contribution in [0.3, 0.4) is 0 Å². The number of quaternary nitrogens is 1. The molecule has 0 aromatic rings. The minimum atomic E-state index is 0.406. The first kappa shape index (κ1) is 5.45. The molecular formula is C7H12NO+. The van der Waals surface area contributed by atoms with Crippen LogP contribution < -0.4 is 5.48 Å². The van der Waals surface area contributed by atoms with Crippen LogP contribution in [0.1, 0.15) is 19.3 Å². The average molecular weight is 126 g/mol. The van der Waals surface area contributed by atoms with Crippen LogP contribution in [0.2, 0.25) is 0 Å². The molecule has 1 aliphatic carbocycles. The van der Waals surface area contributed by atoms with E-state index < -0.39 is 0 Å². The van der Waals surface area contributed by atoms with E-state index in [1.165, 1.54) is 19.3 Å². The Hall–Kier alpha value is -0.340. The lowest BCUT2D eigenvalue weighted by molar-refractivity contribution is -0.918. The highest BCUT2D eigenvalue weighted by Crippen LogP contribution is 2.14. The molecule has 2 atom stereocenters. The summed E-state index contributed by atoms with van der Waals surface area (Å²) in [6, 6.07) is 0.615. The van der Waals surface area contributed by atoms with Crippen molar-refractivity contribution in [3.05, 3.63) is 12.2 Å². The summed E-state index contributed by atoms with van der Waals surface area (Å²) in [5.74, 6) is 0. The standard InChI is InChI=1S/C7H11NO/c1-2-6-4-5-7(3-1)9-8-6/h4-8H,1-3H2/p+1. The van der Waals surface area contributed by atoms with Gasteiger partial charge < -0.3 is 0 Å². The van der Waals surface area contributed by atoms with Crippen LogP contribution in [-0.4, -0.2) is 12.1 Å². The highest BCUT2D eigenvalue weighted by molar-refractivity contribution is 4.97. The van der Waals surface area contributed by atoms with Crippen LogP contribution in [-0.2, 0) is 4.84 Å². The largest absolute Gasteiger partial charge is 0.198 e. The molecule has 2 bridgehead atoms. The monoisotopic (exact) mass is 126 g/mol. The predicted molar refractivity (Wildman–Crippen MR) is 33.6 cm³/mol. The third-order valence-electron chi connectivity index (χ3n) is 2.03. The fourth-order valence-corrected chi connectivity index (χ4v) is 1.44. The summed E-state index contributed by atoms with van der Waals surface area (Å²) in [7, 11) is 0. The van der Waals surface area contributed by atoms with E-state index in [0.717, 1.165) is 0 Å². The van der Waals surface area contributed by atoms with Crippen molar-refractivity contribution in [3.8, 4) is 0 Å². The second-order valence-corrected chi connectivity index (χ2v) is 2.79. The van der Waals surface area contributed by atoms with Crippen molar-refractivity contribution >= 4 is 0 Å². The number of hydrogen-bond acceptors (Lipinski definition) is 1.